The number of rotatable bonds is 3. The molecule has 7 nitrogen and oxygen atoms in total. The first-order valence-corrected chi connectivity index (χ1v) is 8.79. The van der Waals surface area contributed by atoms with Crippen LogP contribution in [0.5, 0.6) is 11.5 Å². The molecule has 0 saturated carbocycles. The summed E-state index contributed by atoms with van der Waals surface area (Å²) >= 11 is 0. The van der Waals surface area contributed by atoms with Crippen LogP contribution in [-0.4, -0.2) is 16.5 Å². The summed E-state index contributed by atoms with van der Waals surface area (Å²) in [4.78, 5) is 37.0. The monoisotopic (exact) mass is 392 g/mol. The van der Waals surface area contributed by atoms with Crippen molar-refractivity contribution < 1.29 is 23.8 Å². The summed E-state index contributed by atoms with van der Waals surface area (Å²) in [5, 5.41) is 21.9. The minimum Gasteiger partial charge on any atom is -0.507 e. The SMILES string of the molecule is Cc1ccc2oc(=O)c(C(C=O)c3c(O)c4cc(C)ccc4oc3=O)c(O)c2c1. The van der Waals surface area contributed by atoms with Gasteiger partial charge < -0.3 is 23.8 Å². The standard InChI is InChI=1S/C22H16O7/c1-10-3-5-15-12(7-10)19(24)17(21(26)28-15)14(9-23)18-20(25)13-8-11(2)4-6-16(13)29-22(18)27/h3-9,14,24-25H,1-2H3. The van der Waals surface area contributed by atoms with Crippen LogP contribution in [0.25, 0.3) is 21.9 Å². The molecule has 2 N–H and O–H groups in total. The third kappa shape index (κ3) is 2.87. The largest absolute Gasteiger partial charge is 0.507 e. The van der Waals surface area contributed by atoms with Crippen molar-refractivity contribution in [3.63, 3.8) is 0 Å². The summed E-state index contributed by atoms with van der Waals surface area (Å²) in [6.07, 6.45) is 0.293. The number of aldehydes is 1. The molecule has 0 spiro atoms. The lowest BCUT2D eigenvalue weighted by Gasteiger charge is -2.14. The second-order valence-electron chi connectivity index (χ2n) is 6.92. The quantitative estimate of drug-likeness (QED) is 0.406. The number of aromatic hydroxyl groups is 2. The zero-order valence-corrected chi connectivity index (χ0v) is 15.6. The van der Waals surface area contributed by atoms with Crippen LogP contribution in [-0.2, 0) is 4.79 Å². The van der Waals surface area contributed by atoms with Crippen molar-refractivity contribution in [1.82, 2.24) is 0 Å². The molecule has 2 heterocycles. The van der Waals surface area contributed by atoms with E-state index in [4.69, 9.17) is 8.83 Å². The number of benzene rings is 2. The van der Waals surface area contributed by atoms with Crippen LogP contribution in [0.1, 0.15) is 28.2 Å². The maximum Gasteiger partial charge on any atom is 0.344 e. The second kappa shape index (κ2) is 6.63. The van der Waals surface area contributed by atoms with Gasteiger partial charge in [-0.1, -0.05) is 23.3 Å². The van der Waals surface area contributed by atoms with E-state index in [1.807, 2.05) is 0 Å². The molecular formula is C22H16O7. The topological polar surface area (TPSA) is 118 Å². The van der Waals surface area contributed by atoms with Gasteiger partial charge in [-0.15, -0.1) is 0 Å². The Balaban J connectivity index is 2.06. The van der Waals surface area contributed by atoms with Crippen molar-refractivity contribution in [2.24, 2.45) is 0 Å². The molecule has 29 heavy (non-hydrogen) atoms. The van der Waals surface area contributed by atoms with E-state index in [1.165, 1.54) is 12.1 Å². The maximum absolute atomic E-state index is 12.6. The van der Waals surface area contributed by atoms with Gasteiger partial charge in [0.25, 0.3) is 0 Å². The van der Waals surface area contributed by atoms with E-state index in [2.05, 4.69) is 0 Å². The molecular weight excluding hydrogens is 376 g/mol. The van der Waals surface area contributed by atoms with Crippen LogP contribution in [0.4, 0.5) is 0 Å². The van der Waals surface area contributed by atoms with Crippen LogP contribution in [0.3, 0.4) is 0 Å². The average Bonchev–Trinajstić information content (AvgIpc) is 2.68. The lowest BCUT2D eigenvalue weighted by atomic mass is 9.91. The van der Waals surface area contributed by atoms with E-state index in [1.54, 1.807) is 38.1 Å². The second-order valence-corrected chi connectivity index (χ2v) is 6.92. The molecule has 0 atom stereocenters. The molecule has 0 amide bonds. The van der Waals surface area contributed by atoms with E-state index in [0.717, 1.165) is 11.1 Å². The average molecular weight is 392 g/mol. The minimum atomic E-state index is -1.57. The third-order valence-electron chi connectivity index (χ3n) is 4.89. The number of aryl methyl sites for hydroxylation is 2. The van der Waals surface area contributed by atoms with Crippen molar-refractivity contribution >= 4 is 28.2 Å². The molecule has 0 saturated heterocycles. The zero-order chi connectivity index (χ0) is 20.9. The number of fused-ring (bicyclic) bond motifs is 2. The number of hydrogen-bond donors (Lipinski definition) is 2. The Morgan fingerprint density at radius 2 is 1.21 bits per heavy atom. The Morgan fingerprint density at radius 1 is 0.793 bits per heavy atom. The molecule has 0 unspecified atom stereocenters. The first-order valence-electron chi connectivity index (χ1n) is 8.79. The maximum atomic E-state index is 12.6. The van der Waals surface area contributed by atoms with Gasteiger partial charge >= 0.3 is 11.3 Å². The fraction of sp³-hybridized carbons (Fsp3) is 0.136. The van der Waals surface area contributed by atoms with Gasteiger partial charge in [0.05, 0.1) is 27.8 Å². The summed E-state index contributed by atoms with van der Waals surface area (Å²) in [5.41, 5.74) is -0.995. The molecule has 0 bridgehead atoms. The molecule has 4 rings (SSSR count). The Labute approximate surface area is 163 Å². The van der Waals surface area contributed by atoms with E-state index in [9.17, 15) is 24.6 Å². The fourth-order valence-corrected chi connectivity index (χ4v) is 3.46. The van der Waals surface area contributed by atoms with E-state index in [-0.39, 0.29) is 21.9 Å². The Kier molecular flexibility index (Phi) is 4.23. The Morgan fingerprint density at radius 3 is 1.59 bits per heavy atom. The van der Waals surface area contributed by atoms with Crippen LogP contribution >= 0.6 is 0 Å². The Bertz CT molecular complexity index is 1300. The fourth-order valence-electron chi connectivity index (χ4n) is 3.46. The number of carbonyl (C=O) groups excluding carboxylic acids is 1. The van der Waals surface area contributed by atoms with Gasteiger partial charge in [0.2, 0.25) is 0 Å². The molecule has 0 aliphatic heterocycles. The van der Waals surface area contributed by atoms with Crippen molar-refractivity contribution in [3.05, 3.63) is 79.5 Å². The number of carbonyl (C=O) groups is 1. The van der Waals surface area contributed by atoms with Gasteiger partial charge in [0.15, 0.2) is 0 Å². The zero-order valence-electron chi connectivity index (χ0n) is 15.6. The molecule has 0 aliphatic carbocycles. The van der Waals surface area contributed by atoms with Gasteiger partial charge in [-0.3, -0.25) is 0 Å². The summed E-state index contributed by atoms with van der Waals surface area (Å²) < 4.78 is 10.5. The molecule has 2 aromatic carbocycles. The predicted molar refractivity (Wildman–Crippen MR) is 106 cm³/mol. The molecule has 146 valence electrons. The van der Waals surface area contributed by atoms with Crippen molar-refractivity contribution in [1.29, 1.82) is 0 Å². The highest BCUT2D eigenvalue weighted by atomic mass is 16.4. The van der Waals surface area contributed by atoms with Gasteiger partial charge in [-0.2, -0.15) is 0 Å². The highest BCUT2D eigenvalue weighted by molar-refractivity contribution is 5.89. The highest BCUT2D eigenvalue weighted by Crippen LogP contribution is 2.37. The first-order chi connectivity index (χ1) is 13.8. The van der Waals surface area contributed by atoms with Crippen LogP contribution < -0.4 is 11.3 Å². The summed E-state index contributed by atoms with van der Waals surface area (Å²) in [7, 11) is 0. The first kappa shape index (κ1) is 18.5. The van der Waals surface area contributed by atoms with E-state index in [0.29, 0.717) is 6.29 Å². The summed E-state index contributed by atoms with van der Waals surface area (Å²) in [5.74, 6) is -2.54. The van der Waals surface area contributed by atoms with Crippen LogP contribution in [0, 0.1) is 13.8 Å². The van der Waals surface area contributed by atoms with Crippen molar-refractivity contribution in [2.75, 3.05) is 0 Å². The predicted octanol–water partition coefficient (Wildman–Crippen LogP) is 3.26. The summed E-state index contributed by atoms with van der Waals surface area (Å²) in [6, 6.07) is 9.63. The minimum absolute atomic E-state index is 0.136. The Hall–Kier alpha value is -3.87. The lowest BCUT2D eigenvalue weighted by molar-refractivity contribution is -0.108. The molecule has 0 radical (unpaired) electrons. The van der Waals surface area contributed by atoms with Crippen LogP contribution in [0.15, 0.2) is 54.8 Å². The molecule has 0 aliphatic rings. The van der Waals surface area contributed by atoms with Gasteiger partial charge in [-0.25, -0.2) is 9.59 Å². The molecule has 7 heteroatoms. The molecule has 0 fully saturated rings. The highest BCUT2D eigenvalue weighted by Gasteiger charge is 2.30. The van der Waals surface area contributed by atoms with E-state index < -0.39 is 39.8 Å². The van der Waals surface area contributed by atoms with Crippen LogP contribution in [0.2, 0.25) is 0 Å². The summed E-state index contributed by atoms with van der Waals surface area (Å²) in [6.45, 7) is 3.57. The van der Waals surface area contributed by atoms with Gasteiger partial charge in [0.1, 0.15) is 29.0 Å². The number of hydrogen-bond acceptors (Lipinski definition) is 7. The lowest BCUT2D eigenvalue weighted by Crippen LogP contribution is -2.21. The van der Waals surface area contributed by atoms with Crippen molar-refractivity contribution in [2.45, 2.75) is 19.8 Å². The molecule has 4 aromatic rings. The third-order valence-corrected chi connectivity index (χ3v) is 4.89. The smallest absolute Gasteiger partial charge is 0.344 e. The van der Waals surface area contributed by atoms with Gasteiger partial charge in [-0.05, 0) is 38.1 Å². The van der Waals surface area contributed by atoms with Gasteiger partial charge in [0, 0.05) is 0 Å². The van der Waals surface area contributed by atoms with Crippen molar-refractivity contribution in [3.8, 4) is 11.5 Å². The molecule has 2 aromatic heterocycles. The van der Waals surface area contributed by atoms with E-state index >= 15 is 0 Å². The normalized spacial score (nSPS) is 11.4.